The Bertz CT molecular complexity index is 316. The standard InChI is InChI=1S/C7H16N4O2.2C5H10O/c8-10-6(12)4-2-1-3-5-7(13)11-9;2*1-5(2)3-4-6/h1-5,8-9H2,(H,10,12)(H,11,13);2*4-5H,3H2,1-2H3. The number of hydrogen-bond donors (Lipinski definition) is 4. The van der Waals surface area contributed by atoms with E-state index < -0.39 is 0 Å². The van der Waals surface area contributed by atoms with Crippen molar-refractivity contribution in [3.8, 4) is 0 Å². The van der Waals surface area contributed by atoms with Crippen LogP contribution in [-0.4, -0.2) is 24.4 Å². The first kappa shape index (κ1) is 28.0. The van der Waals surface area contributed by atoms with E-state index in [1.807, 2.05) is 38.5 Å². The second-order valence-corrected chi connectivity index (χ2v) is 6.29. The average molecular weight is 360 g/mol. The molecule has 0 aliphatic rings. The van der Waals surface area contributed by atoms with Crippen LogP contribution in [0.1, 0.15) is 72.6 Å². The average Bonchev–Trinajstić information content (AvgIpc) is 2.54. The van der Waals surface area contributed by atoms with E-state index in [0.29, 0.717) is 37.5 Å². The molecular formula is C17H36N4O4. The van der Waals surface area contributed by atoms with Crippen LogP contribution in [0.25, 0.3) is 0 Å². The highest BCUT2D eigenvalue weighted by Gasteiger charge is 2.00. The van der Waals surface area contributed by atoms with E-state index in [9.17, 15) is 19.2 Å². The third kappa shape index (κ3) is 34.5. The van der Waals surface area contributed by atoms with Crippen LogP contribution in [0, 0.1) is 11.8 Å². The smallest absolute Gasteiger partial charge is 0.233 e. The number of amides is 2. The van der Waals surface area contributed by atoms with Crippen molar-refractivity contribution in [1.82, 2.24) is 10.9 Å². The molecule has 8 heteroatoms. The first-order valence-corrected chi connectivity index (χ1v) is 8.61. The van der Waals surface area contributed by atoms with Gasteiger partial charge < -0.3 is 9.59 Å². The predicted molar refractivity (Wildman–Crippen MR) is 98.8 cm³/mol. The Morgan fingerprint density at radius 2 is 1.08 bits per heavy atom. The van der Waals surface area contributed by atoms with Crippen LogP contribution in [0.2, 0.25) is 0 Å². The summed E-state index contributed by atoms with van der Waals surface area (Å²) in [4.78, 5) is 40.5. The molecule has 0 spiro atoms. The van der Waals surface area contributed by atoms with Crippen molar-refractivity contribution in [2.45, 2.75) is 72.6 Å². The molecule has 148 valence electrons. The Balaban J connectivity index is -0.000000336. The van der Waals surface area contributed by atoms with Crippen LogP contribution in [0.5, 0.6) is 0 Å². The van der Waals surface area contributed by atoms with Crippen molar-refractivity contribution in [3.63, 3.8) is 0 Å². The van der Waals surface area contributed by atoms with Crippen molar-refractivity contribution in [1.29, 1.82) is 0 Å². The van der Waals surface area contributed by atoms with Gasteiger partial charge in [-0.3, -0.25) is 20.4 Å². The molecule has 25 heavy (non-hydrogen) atoms. The molecule has 2 amide bonds. The minimum absolute atomic E-state index is 0.178. The molecular weight excluding hydrogens is 324 g/mol. The molecule has 0 atom stereocenters. The van der Waals surface area contributed by atoms with Gasteiger partial charge in [0.05, 0.1) is 0 Å². The van der Waals surface area contributed by atoms with Crippen molar-refractivity contribution < 1.29 is 19.2 Å². The maximum absolute atomic E-state index is 10.6. The van der Waals surface area contributed by atoms with Crippen LogP contribution in [0.4, 0.5) is 0 Å². The number of nitrogens with two attached hydrogens (primary N) is 2. The summed E-state index contributed by atoms with van der Waals surface area (Å²) in [7, 11) is 0. The number of carbonyl (C=O) groups excluding carboxylic acids is 4. The number of hydrogen-bond acceptors (Lipinski definition) is 6. The molecule has 0 rings (SSSR count). The molecule has 8 nitrogen and oxygen atoms in total. The molecule has 0 heterocycles. The highest BCUT2D eigenvalue weighted by Crippen LogP contribution is 2.02. The van der Waals surface area contributed by atoms with Gasteiger partial charge in [0.2, 0.25) is 11.8 Å². The van der Waals surface area contributed by atoms with Crippen LogP contribution < -0.4 is 22.5 Å². The summed E-state index contributed by atoms with van der Waals surface area (Å²) in [5.41, 5.74) is 4.08. The Labute approximate surface area is 151 Å². The zero-order valence-corrected chi connectivity index (χ0v) is 16.0. The van der Waals surface area contributed by atoms with E-state index in [0.717, 1.165) is 31.8 Å². The lowest BCUT2D eigenvalue weighted by molar-refractivity contribution is -0.121. The molecule has 0 aromatic rings. The van der Waals surface area contributed by atoms with Gasteiger partial charge >= 0.3 is 0 Å². The zero-order chi connectivity index (χ0) is 20.1. The number of rotatable bonds is 10. The molecule has 0 aromatic carbocycles. The highest BCUT2D eigenvalue weighted by atomic mass is 16.2. The third-order valence-electron chi connectivity index (χ3n) is 2.76. The van der Waals surface area contributed by atoms with Gasteiger partial charge in [-0.15, -0.1) is 0 Å². The third-order valence-corrected chi connectivity index (χ3v) is 2.76. The Morgan fingerprint density at radius 1 is 0.760 bits per heavy atom. The van der Waals surface area contributed by atoms with E-state index in [1.54, 1.807) is 0 Å². The molecule has 0 bridgehead atoms. The largest absolute Gasteiger partial charge is 0.303 e. The van der Waals surface area contributed by atoms with Crippen LogP contribution in [0.3, 0.4) is 0 Å². The summed E-state index contributed by atoms with van der Waals surface area (Å²) < 4.78 is 0. The summed E-state index contributed by atoms with van der Waals surface area (Å²) in [5, 5.41) is 0. The van der Waals surface area contributed by atoms with E-state index in [1.165, 1.54) is 0 Å². The van der Waals surface area contributed by atoms with Gasteiger partial charge in [0.25, 0.3) is 0 Å². The number of nitrogens with one attached hydrogen (secondary N) is 2. The normalized spacial score (nSPS) is 9.28. The molecule has 0 saturated heterocycles. The number of hydrazine groups is 2. The van der Waals surface area contributed by atoms with Crippen LogP contribution in [0.15, 0.2) is 0 Å². The summed E-state index contributed by atoms with van der Waals surface area (Å²) >= 11 is 0. The van der Waals surface area contributed by atoms with Gasteiger partial charge in [0, 0.05) is 25.7 Å². The van der Waals surface area contributed by atoms with E-state index in [2.05, 4.69) is 0 Å². The minimum atomic E-state index is -0.178. The topological polar surface area (TPSA) is 144 Å². The summed E-state index contributed by atoms with van der Waals surface area (Å²) in [6.45, 7) is 8.09. The second-order valence-electron chi connectivity index (χ2n) is 6.29. The first-order chi connectivity index (χ1) is 11.7. The Hall–Kier alpha value is -1.80. The van der Waals surface area contributed by atoms with Gasteiger partial charge in [0.15, 0.2) is 0 Å². The lowest BCUT2D eigenvalue weighted by atomic mass is 10.1. The van der Waals surface area contributed by atoms with Crippen LogP contribution in [-0.2, 0) is 19.2 Å². The zero-order valence-electron chi connectivity index (χ0n) is 16.0. The molecule has 6 N–H and O–H groups in total. The van der Waals surface area contributed by atoms with Crippen molar-refractivity contribution in [3.05, 3.63) is 0 Å². The summed E-state index contributed by atoms with van der Waals surface area (Å²) in [6, 6.07) is 0. The predicted octanol–water partition coefficient (Wildman–Crippen LogP) is 1.38. The first-order valence-electron chi connectivity index (χ1n) is 8.61. The molecule has 0 aromatic heterocycles. The SMILES string of the molecule is CC(C)CC=O.CC(C)CC=O.NNC(=O)CCCCCC(=O)NN. The van der Waals surface area contributed by atoms with Gasteiger partial charge in [-0.1, -0.05) is 34.1 Å². The van der Waals surface area contributed by atoms with E-state index in [-0.39, 0.29) is 11.8 Å². The maximum Gasteiger partial charge on any atom is 0.233 e. The summed E-state index contributed by atoms with van der Waals surface area (Å²) in [5.74, 6) is 10.5. The lowest BCUT2D eigenvalue weighted by Gasteiger charge is -2.00. The van der Waals surface area contributed by atoms with E-state index in [4.69, 9.17) is 11.7 Å². The van der Waals surface area contributed by atoms with Crippen molar-refractivity contribution in [2.24, 2.45) is 23.5 Å². The Kier molecular flexibility index (Phi) is 24.9. The Morgan fingerprint density at radius 3 is 1.24 bits per heavy atom. The van der Waals surface area contributed by atoms with E-state index >= 15 is 0 Å². The fourth-order valence-electron chi connectivity index (χ4n) is 1.28. The molecule has 0 saturated carbocycles. The molecule has 0 radical (unpaired) electrons. The van der Waals surface area contributed by atoms with Gasteiger partial charge in [-0.2, -0.15) is 0 Å². The van der Waals surface area contributed by atoms with Crippen molar-refractivity contribution >= 4 is 24.4 Å². The fraction of sp³-hybridized carbons (Fsp3) is 0.765. The number of aldehydes is 2. The summed E-state index contributed by atoms with van der Waals surface area (Å²) in [6.07, 6.45) is 6.39. The monoisotopic (exact) mass is 360 g/mol. The molecule has 0 unspecified atom stereocenters. The van der Waals surface area contributed by atoms with Gasteiger partial charge in [-0.05, 0) is 24.7 Å². The number of carbonyl (C=O) groups is 4. The highest BCUT2D eigenvalue weighted by molar-refractivity contribution is 5.75. The van der Waals surface area contributed by atoms with Crippen molar-refractivity contribution in [2.75, 3.05) is 0 Å². The van der Waals surface area contributed by atoms with Gasteiger partial charge in [0.1, 0.15) is 12.6 Å². The molecule has 0 aliphatic carbocycles. The lowest BCUT2D eigenvalue weighted by Crippen LogP contribution is -2.30. The molecule has 0 aliphatic heterocycles. The van der Waals surface area contributed by atoms with Crippen LogP contribution >= 0.6 is 0 Å². The quantitative estimate of drug-likeness (QED) is 0.152. The molecule has 0 fully saturated rings. The van der Waals surface area contributed by atoms with Gasteiger partial charge in [-0.25, -0.2) is 11.7 Å². The number of unbranched alkanes of at least 4 members (excludes halogenated alkanes) is 2. The maximum atomic E-state index is 10.6. The minimum Gasteiger partial charge on any atom is -0.303 e. The second kappa shape index (κ2) is 22.2. The fourth-order valence-corrected chi connectivity index (χ4v) is 1.28.